The number of rotatable bonds is 4. The van der Waals surface area contributed by atoms with E-state index in [0.717, 1.165) is 5.49 Å². The van der Waals surface area contributed by atoms with E-state index in [9.17, 15) is 4.79 Å². The highest BCUT2D eigenvalue weighted by Gasteiger charge is 1.89. The third-order valence-corrected chi connectivity index (χ3v) is 0.891. The predicted octanol–water partition coefficient (Wildman–Crippen LogP) is -0.499. The highest BCUT2D eigenvalue weighted by Crippen LogP contribution is 1.73. The van der Waals surface area contributed by atoms with Crippen molar-refractivity contribution in [3.63, 3.8) is 0 Å². The molecule has 0 heterocycles. The van der Waals surface area contributed by atoms with Gasteiger partial charge in [-0.2, -0.15) is 0 Å². The summed E-state index contributed by atoms with van der Waals surface area (Å²) in [6.07, 6.45) is 1.92. The SMILES string of the molecule is CC(O)N/C=C\C(=O)NC=S. The molecule has 0 aromatic carbocycles. The molecule has 0 saturated heterocycles. The van der Waals surface area contributed by atoms with Gasteiger partial charge in [0.05, 0.1) is 5.49 Å². The van der Waals surface area contributed by atoms with Crippen LogP contribution in [0.4, 0.5) is 0 Å². The number of thiocarbonyl (C=S) groups is 1. The molecule has 62 valence electrons. The van der Waals surface area contributed by atoms with Gasteiger partial charge in [-0.05, 0) is 6.92 Å². The van der Waals surface area contributed by atoms with Crippen LogP contribution in [0.25, 0.3) is 0 Å². The van der Waals surface area contributed by atoms with Gasteiger partial charge in [0.1, 0.15) is 6.23 Å². The maximum Gasteiger partial charge on any atom is 0.249 e. The van der Waals surface area contributed by atoms with Crippen LogP contribution in [-0.2, 0) is 4.79 Å². The lowest BCUT2D eigenvalue weighted by Gasteiger charge is -2.00. The Kier molecular flexibility index (Phi) is 5.32. The van der Waals surface area contributed by atoms with Gasteiger partial charge < -0.3 is 15.7 Å². The first-order valence-electron chi connectivity index (χ1n) is 3.01. The van der Waals surface area contributed by atoms with Gasteiger partial charge in [0.2, 0.25) is 5.91 Å². The molecule has 5 heteroatoms. The number of hydrogen-bond acceptors (Lipinski definition) is 4. The molecule has 0 aromatic heterocycles. The van der Waals surface area contributed by atoms with Crippen molar-refractivity contribution in [2.24, 2.45) is 0 Å². The Bertz CT molecular complexity index is 168. The quantitative estimate of drug-likeness (QED) is 0.305. The first-order chi connectivity index (χ1) is 5.16. The molecule has 0 spiro atoms. The monoisotopic (exact) mass is 174 g/mol. The van der Waals surface area contributed by atoms with E-state index in [2.05, 4.69) is 22.9 Å². The maximum absolute atomic E-state index is 10.6. The molecule has 0 radical (unpaired) electrons. The van der Waals surface area contributed by atoms with Gasteiger partial charge in [-0.15, -0.1) is 0 Å². The molecule has 11 heavy (non-hydrogen) atoms. The van der Waals surface area contributed by atoms with E-state index in [0.29, 0.717) is 0 Å². The summed E-state index contributed by atoms with van der Waals surface area (Å²) < 4.78 is 0. The molecule has 4 nitrogen and oxygen atoms in total. The van der Waals surface area contributed by atoms with Crippen LogP contribution in [0.2, 0.25) is 0 Å². The minimum atomic E-state index is -0.661. The van der Waals surface area contributed by atoms with Crippen molar-refractivity contribution in [2.45, 2.75) is 13.2 Å². The van der Waals surface area contributed by atoms with Crippen LogP contribution in [-0.4, -0.2) is 22.7 Å². The topological polar surface area (TPSA) is 61.4 Å². The molecule has 0 aliphatic carbocycles. The lowest BCUT2D eigenvalue weighted by Crippen LogP contribution is -2.22. The maximum atomic E-state index is 10.6. The number of amides is 1. The van der Waals surface area contributed by atoms with Crippen molar-refractivity contribution in [1.82, 2.24) is 10.6 Å². The van der Waals surface area contributed by atoms with Crippen LogP contribution in [0.1, 0.15) is 6.92 Å². The van der Waals surface area contributed by atoms with Gasteiger partial charge in [-0.3, -0.25) is 4.79 Å². The van der Waals surface area contributed by atoms with Crippen LogP contribution < -0.4 is 10.6 Å². The summed E-state index contributed by atoms with van der Waals surface area (Å²) in [4.78, 5) is 10.6. The van der Waals surface area contributed by atoms with Crippen molar-refractivity contribution in [2.75, 3.05) is 0 Å². The van der Waals surface area contributed by atoms with E-state index in [1.54, 1.807) is 6.92 Å². The van der Waals surface area contributed by atoms with Crippen molar-refractivity contribution in [3.8, 4) is 0 Å². The zero-order chi connectivity index (χ0) is 8.69. The van der Waals surface area contributed by atoms with Crippen molar-refractivity contribution in [3.05, 3.63) is 12.3 Å². The average molecular weight is 174 g/mol. The molecule has 0 aliphatic rings. The fourth-order valence-electron chi connectivity index (χ4n) is 0.369. The highest BCUT2D eigenvalue weighted by molar-refractivity contribution is 7.78. The van der Waals surface area contributed by atoms with Crippen LogP contribution in [0.15, 0.2) is 12.3 Å². The summed E-state index contributed by atoms with van der Waals surface area (Å²) in [5.74, 6) is -0.326. The number of carbonyl (C=O) groups is 1. The summed E-state index contributed by atoms with van der Waals surface area (Å²) >= 11 is 4.37. The Morgan fingerprint density at radius 2 is 2.36 bits per heavy atom. The van der Waals surface area contributed by atoms with E-state index in [1.165, 1.54) is 12.3 Å². The fourth-order valence-corrected chi connectivity index (χ4v) is 0.485. The second kappa shape index (κ2) is 5.82. The third-order valence-electron chi connectivity index (χ3n) is 0.773. The van der Waals surface area contributed by atoms with E-state index < -0.39 is 6.23 Å². The summed E-state index contributed by atoms with van der Waals surface area (Å²) in [5, 5.41) is 13.4. The smallest absolute Gasteiger partial charge is 0.249 e. The molecule has 0 saturated carbocycles. The van der Waals surface area contributed by atoms with Crippen molar-refractivity contribution in [1.29, 1.82) is 0 Å². The zero-order valence-corrected chi connectivity index (χ0v) is 6.89. The fraction of sp³-hybridized carbons (Fsp3) is 0.333. The number of hydrogen-bond donors (Lipinski definition) is 3. The van der Waals surface area contributed by atoms with Gasteiger partial charge in [-0.25, -0.2) is 0 Å². The Morgan fingerprint density at radius 3 is 2.82 bits per heavy atom. The average Bonchev–Trinajstić information content (AvgIpc) is 1.87. The second-order valence-corrected chi connectivity index (χ2v) is 2.04. The first-order valence-corrected chi connectivity index (χ1v) is 3.48. The molecule has 0 aromatic rings. The normalized spacial score (nSPS) is 12.5. The van der Waals surface area contributed by atoms with Crippen LogP contribution in [0, 0.1) is 0 Å². The zero-order valence-electron chi connectivity index (χ0n) is 6.07. The number of carbonyl (C=O) groups excluding carboxylic acids is 1. The molecule has 0 bridgehead atoms. The Hall–Kier alpha value is -0.940. The van der Waals surface area contributed by atoms with E-state index >= 15 is 0 Å². The lowest BCUT2D eigenvalue weighted by atomic mass is 10.5. The lowest BCUT2D eigenvalue weighted by molar-refractivity contribution is -0.115. The van der Waals surface area contributed by atoms with Gasteiger partial charge in [0.25, 0.3) is 0 Å². The molecule has 0 fully saturated rings. The van der Waals surface area contributed by atoms with Crippen LogP contribution in [0.3, 0.4) is 0 Å². The highest BCUT2D eigenvalue weighted by atomic mass is 32.1. The molecule has 1 atom stereocenters. The first kappa shape index (κ1) is 10.1. The van der Waals surface area contributed by atoms with Gasteiger partial charge in [0.15, 0.2) is 0 Å². The minimum absolute atomic E-state index is 0.326. The van der Waals surface area contributed by atoms with E-state index in [1.807, 2.05) is 0 Å². The molecular formula is C6H10N2O2S. The number of aliphatic hydroxyl groups is 1. The summed E-state index contributed by atoms with van der Waals surface area (Å²) in [5.41, 5.74) is 1.12. The molecule has 1 unspecified atom stereocenters. The van der Waals surface area contributed by atoms with E-state index in [-0.39, 0.29) is 5.91 Å². The third kappa shape index (κ3) is 6.95. The summed E-state index contributed by atoms with van der Waals surface area (Å²) in [6, 6.07) is 0. The summed E-state index contributed by atoms with van der Waals surface area (Å²) in [7, 11) is 0. The summed E-state index contributed by atoms with van der Waals surface area (Å²) in [6.45, 7) is 1.54. The molecule has 0 rings (SSSR count). The standard InChI is InChI=1S/C6H10N2O2S/c1-5(9)7-3-2-6(10)8-4-11/h2-5,7,9H,1H3,(H,8,10,11)/b3-2-. The van der Waals surface area contributed by atoms with Gasteiger partial charge in [0, 0.05) is 12.3 Å². The Balaban J connectivity index is 3.56. The predicted molar refractivity (Wildman–Crippen MR) is 45.8 cm³/mol. The second-order valence-electron chi connectivity index (χ2n) is 1.80. The molecule has 0 aliphatic heterocycles. The van der Waals surface area contributed by atoms with Gasteiger partial charge >= 0.3 is 0 Å². The van der Waals surface area contributed by atoms with Crippen LogP contribution in [0.5, 0.6) is 0 Å². The van der Waals surface area contributed by atoms with Crippen molar-refractivity contribution >= 4 is 23.6 Å². The minimum Gasteiger partial charge on any atom is -0.374 e. The molecule has 3 N–H and O–H groups in total. The van der Waals surface area contributed by atoms with E-state index in [4.69, 9.17) is 5.11 Å². The molecular weight excluding hydrogens is 164 g/mol. The van der Waals surface area contributed by atoms with Gasteiger partial charge in [-0.1, -0.05) is 12.2 Å². The van der Waals surface area contributed by atoms with Crippen LogP contribution >= 0.6 is 12.2 Å². The Morgan fingerprint density at radius 1 is 1.73 bits per heavy atom. The largest absolute Gasteiger partial charge is 0.374 e. The number of nitrogens with one attached hydrogen (secondary N) is 2. The number of aliphatic hydroxyl groups excluding tert-OH is 1. The molecule has 1 amide bonds. The Labute approximate surface area is 70.3 Å². The van der Waals surface area contributed by atoms with Crippen molar-refractivity contribution < 1.29 is 9.90 Å².